The van der Waals surface area contributed by atoms with Gasteiger partial charge in [0, 0.05) is 13.0 Å². The number of carbonyl (C=O) groups is 1. The molecule has 0 aromatic rings. The van der Waals surface area contributed by atoms with Gasteiger partial charge in [0.1, 0.15) is 0 Å². The zero-order valence-corrected chi connectivity index (χ0v) is 5.46. The first-order valence-electron chi connectivity index (χ1n) is 2.85. The second kappa shape index (κ2) is 4.29. The van der Waals surface area contributed by atoms with E-state index in [1.165, 1.54) is 0 Å². The van der Waals surface area contributed by atoms with E-state index in [1.807, 2.05) is 0 Å². The third kappa shape index (κ3) is 3.93. The van der Waals surface area contributed by atoms with Crippen molar-refractivity contribution in [2.24, 2.45) is 11.5 Å². The van der Waals surface area contributed by atoms with Crippen molar-refractivity contribution in [3.05, 3.63) is 0 Å². The predicted molar refractivity (Wildman–Crippen MR) is 33.4 cm³/mol. The van der Waals surface area contributed by atoms with Crippen LogP contribution < -0.4 is 11.5 Å². The van der Waals surface area contributed by atoms with Crippen LogP contribution in [0.5, 0.6) is 0 Å². The second-order valence-electron chi connectivity index (χ2n) is 1.62. The number of esters is 1. The van der Waals surface area contributed by atoms with Crippen molar-refractivity contribution in [3.63, 3.8) is 0 Å². The molecule has 0 bridgehead atoms. The molecule has 9 heavy (non-hydrogen) atoms. The van der Waals surface area contributed by atoms with E-state index in [1.54, 1.807) is 6.92 Å². The van der Waals surface area contributed by atoms with Gasteiger partial charge in [-0.3, -0.25) is 10.5 Å². The molecule has 0 aliphatic rings. The quantitative estimate of drug-likeness (QED) is 0.388. The van der Waals surface area contributed by atoms with E-state index in [0.717, 1.165) is 0 Å². The summed E-state index contributed by atoms with van der Waals surface area (Å²) in [6.45, 7) is 1.87. The molecule has 0 rings (SSSR count). The Morgan fingerprint density at radius 2 is 2.33 bits per heavy atom. The molecule has 0 aliphatic carbocycles. The summed E-state index contributed by atoms with van der Waals surface area (Å²) >= 11 is 0. The highest BCUT2D eigenvalue weighted by Gasteiger charge is 2.03. The topological polar surface area (TPSA) is 78.3 Å². The second-order valence-corrected chi connectivity index (χ2v) is 1.62. The highest BCUT2D eigenvalue weighted by atomic mass is 16.6. The molecule has 0 aliphatic heterocycles. The Hall–Kier alpha value is -0.610. The Balaban J connectivity index is 3.34. The van der Waals surface area contributed by atoms with Gasteiger partial charge in [-0.05, 0) is 0 Å². The minimum atomic E-state index is -0.641. The first-order valence-corrected chi connectivity index (χ1v) is 2.85. The lowest BCUT2D eigenvalue weighted by Gasteiger charge is -2.08. The van der Waals surface area contributed by atoms with E-state index in [2.05, 4.69) is 4.74 Å². The molecule has 0 saturated carbocycles. The predicted octanol–water partition coefficient (Wildman–Crippen LogP) is -0.817. The summed E-state index contributed by atoms with van der Waals surface area (Å²) in [5.41, 5.74) is 10.3. The van der Waals surface area contributed by atoms with Crippen LogP contribution in [-0.2, 0) is 9.53 Å². The van der Waals surface area contributed by atoms with E-state index in [0.29, 0.717) is 6.42 Å². The molecule has 0 amide bonds. The Morgan fingerprint density at radius 1 is 1.78 bits per heavy atom. The lowest BCUT2D eigenvalue weighted by Crippen LogP contribution is -2.34. The number of nitrogens with two attached hydrogens (primary N) is 2. The average molecular weight is 132 g/mol. The molecule has 1 unspecified atom stereocenters. The molecule has 54 valence electrons. The SMILES string of the molecule is CCC(=O)OC(N)CN. The molecule has 0 heterocycles. The van der Waals surface area contributed by atoms with Crippen molar-refractivity contribution >= 4 is 5.97 Å². The first kappa shape index (κ1) is 8.39. The van der Waals surface area contributed by atoms with Crippen LogP contribution in [-0.4, -0.2) is 18.7 Å². The zero-order valence-electron chi connectivity index (χ0n) is 5.46. The fourth-order valence-electron chi connectivity index (χ4n) is 0.300. The monoisotopic (exact) mass is 132 g/mol. The van der Waals surface area contributed by atoms with Gasteiger partial charge in [-0.1, -0.05) is 6.92 Å². The van der Waals surface area contributed by atoms with Crippen molar-refractivity contribution in [1.29, 1.82) is 0 Å². The van der Waals surface area contributed by atoms with Gasteiger partial charge in [-0.15, -0.1) is 0 Å². The summed E-state index contributed by atoms with van der Waals surface area (Å²) in [5.74, 6) is -0.312. The Bertz CT molecular complexity index is 95.0. The maximum absolute atomic E-state index is 10.4. The standard InChI is InChI=1S/C5H12N2O2/c1-2-5(8)9-4(7)3-6/h4H,2-3,6-7H2,1H3. The molecule has 0 radical (unpaired) electrons. The summed E-state index contributed by atoms with van der Waals surface area (Å²) in [7, 11) is 0. The van der Waals surface area contributed by atoms with Crippen LogP contribution in [0.4, 0.5) is 0 Å². The van der Waals surface area contributed by atoms with Gasteiger partial charge in [0.05, 0.1) is 0 Å². The fourth-order valence-corrected chi connectivity index (χ4v) is 0.300. The van der Waals surface area contributed by atoms with Gasteiger partial charge in [-0.2, -0.15) is 0 Å². The van der Waals surface area contributed by atoms with Gasteiger partial charge in [0.25, 0.3) is 0 Å². The third-order valence-electron chi connectivity index (χ3n) is 0.804. The van der Waals surface area contributed by atoms with E-state index >= 15 is 0 Å². The number of carbonyl (C=O) groups excluding carboxylic acids is 1. The largest absolute Gasteiger partial charge is 0.445 e. The Morgan fingerprint density at radius 3 is 2.67 bits per heavy atom. The number of rotatable bonds is 3. The van der Waals surface area contributed by atoms with Crippen molar-refractivity contribution in [2.75, 3.05) is 6.54 Å². The zero-order chi connectivity index (χ0) is 7.28. The summed E-state index contributed by atoms with van der Waals surface area (Å²) in [4.78, 5) is 10.4. The molecule has 0 aromatic heterocycles. The summed E-state index contributed by atoms with van der Waals surface area (Å²) in [6.07, 6.45) is -0.300. The number of hydrogen-bond donors (Lipinski definition) is 2. The van der Waals surface area contributed by atoms with E-state index in [9.17, 15) is 4.79 Å². The maximum atomic E-state index is 10.4. The van der Waals surface area contributed by atoms with Crippen LogP contribution in [0.1, 0.15) is 13.3 Å². The summed E-state index contributed by atoms with van der Waals surface area (Å²) < 4.78 is 4.56. The van der Waals surface area contributed by atoms with Crippen molar-refractivity contribution in [2.45, 2.75) is 19.6 Å². The van der Waals surface area contributed by atoms with Gasteiger partial charge in [0.15, 0.2) is 6.23 Å². The van der Waals surface area contributed by atoms with Crippen LogP contribution in [0.3, 0.4) is 0 Å². The molecule has 4 nitrogen and oxygen atoms in total. The highest BCUT2D eigenvalue weighted by Crippen LogP contribution is 1.85. The van der Waals surface area contributed by atoms with E-state index in [4.69, 9.17) is 11.5 Å². The minimum Gasteiger partial charge on any atom is -0.445 e. The number of hydrogen-bond acceptors (Lipinski definition) is 4. The van der Waals surface area contributed by atoms with Crippen LogP contribution in [0, 0.1) is 0 Å². The molecule has 4 heteroatoms. The van der Waals surface area contributed by atoms with Crippen LogP contribution in [0.25, 0.3) is 0 Å². The maximum Gasteiger partial charge on any atom is 0.307 e. The fraction of sp³-hybridized carbons (Fsp3) is 0.800. The van der Waals surface area contributed by atoms with Crippen molar-refractivity contribution in [3.8, 4) is 0 Å². The van der Waals surface area contributed by atoms with E-state index < -0.39 is 6.23 Å². The van der Waals surface area contributed by atoms with Gasteiger partial charge in [-0.25, -0.2) is 0 Å². The molecule has 0 spiro atoms. The highest BCUT2D eigenvalue weighted by molar-refractivity contribution is 5.69. The van der Waals surface area contributed by atoms with Crippen molar-refractivity contribution < 1.29 is 9.53 Å². The van der Waals surface area contributed by atoms with Gasteiger partial charge >= 0.3 is 5.97 Å². The molecular formula is C5H12N2O2. The lowest BCUT2D eigenvalue weighted by atomic mass is 10.5. The van der Waals surface area contributed by atoms with Crippen LogP contribution in [0.15, 0.2) is 0 Å². The lowest BCUT2D eigenvalue weighted by molar-refractivity contribution is -0.147. The smallest absolute Gasteiger partial charge is 0.307 e. The van der Waals surface area contributed by atoms with Crippen LogP contribution >= 0.6 is 0 Å². The Labute approximate surface area is 54.2 Å². The molecule has 0 aromatic carbocycles. The average Bonchev–Trinajstić information content (AvgIpc) is 1.87. The third-order valence-corrected chi connectivity index (χ3v) is 0.804. The first-order chi connectivity index (χ1) is 4.20. The number of ether oxygens (including phenoxy) is 1. The molecule has 0 fully saturated rings. The molecular weight excluding hydrogens is 120 g/mol. The Kier molecular flexibility index (Phi) is 4.00. The van der Waals surface area contributed by atoms with Crippen molar-refractivity contribution in [1.82, 2.24) is 0 Å². The minimum absolute atomic E-state index is 0.172. The summed E-state index contributed by atoms with van der Waals surface area (Å²) in [6, 6.07) is 0. The van der Waals surface area contributed by atoms with Crippen LogP contribution in [0.2, 0.25) is 0 Å². The normalized spacial score (nSPS) is 12.8. The molecule has 0 saturated heterocycles. The molecule has 1 atom stereocenters. The molecule has 4 N–H and O–H groups in total. The van der Waals surface area contributed by atoms with Gasteiger partial charge < -0.3 is 10.5 Å². The van der Waals surface area contributed by atoms with E-state index in [-0.39, 0.29) is 12.5 Å². The summed E-state index contributed by atoms with van der Waals surface area (Å²) in [5, 5.41) is 0. The van der Waals surface area contributed by atoms with Gasteiger partial charge in [0.2, 0.25) is 0 Å².